The van der Waals surface area contributed by atoms with Crippen LogP contribution in [0.15, 0.2) is 79.4 Å². The zero-order valence-corrected chi connectivity index (χ0v) is 21.1. The van der Waals surface area contributed by atoms with Crippen LogP contribution in [-0.2, 0) is 6.18 Å². The average Bonchev–Trinajstić information content (AvgIpc) is 2.84. The van der Waals surface area contributed by atoms with E-state index in [0.29, 0.717) is 21.4 Å². The molecule has 4 aromatic rings. The van der Waals surface area contributed by atoms with Crippen LogP contribution in [0.1, 0.15) is 41.3 Å². The molecule has 1 unspecified atom stereocenters. The zero-order chi connectivity index (χ0) is 25.0. The molecule has 0 fully saturated rings. The van der Waals surface area contributed by atoms with Gasteiger partial charge in [0.15, 0.2) is 0 Å². The predicted octanol–water partition coefficient (Wildman–Crippen LogP) is 4.32. The monoisotopic (exact) mass is 538 g/mol. The Morgan fingerprint density at radius 1 is 0.971 bits per heavy atom. The number of amides is 1. The van der Waals surface area contributed by atoms with Crippen molar-refractivity contribution in [3.05, 3.63) is 96.1 Å². The van der Waals surface area contributed by atoms with Crippen molar-refractivity contribution in [2.24, 2.45) is 0 Å². The summed E-state index contributed by atoms with van der Waals surface area (Å²) >= 11 is -1.57. The molecule has 35 heavy (non-hydrogen) atoms. The Hall–Kier alpha value is -3.51. The summed E-state index contributed by atoms with van der Waals surface area (Å²) in [6.45, 7) is 4.08. The fourth-order valence-electron chi connectivity index (χ4n) is 3.50. The molecular weight excluding hydrogens is 516 g/mol. The number of anilines is 1. The second-order valence-electron chi connectivity index (χ2n) is 8.11. The molecule has 4 rings (SSSR count). The number of carbonyl (C=O) groups excluding carboxylic acids is 1. The summed E-state index contributed by atoms with van der Waals surface area (Å²) in [7, 11) is 0. The number of hydrogen-bond donors (Lipinski definition) is 1. The van der Waals surface area contributed by atoms with E-state index in [1.165, 1.54) is 18.5 Å². The number of nitrogens with zero attached hydrogens (tertiary/aromatic N) is 3. The van der Waals surface area contributed by atoms with Crippen molar-refractivity contribution >= 4 is 36.2 Å². The first kappa shape index (κ1) is 24.6. The van der Waals surface area contributed by atoms with Gasteiger partial charge in [0.05, 0.1) is 0 Å². The predicted molar refractivity (Wildman–Crippen MR) is 132 cm³/mol. The van der Waals surface area contributed by atoms with Crippen LogP contribution in [0.5, 0.6) is 0 Å². The molecule has 0 bridgehead atoms. The molecular formula is C26H22AsF3N4O. The standard InChI is InChI=1S/C26H22AsF3N4O/c1-16(2)17-5-3-6-19(13-17)34-25(35)18-8-9-21(26(28,29)30)22(14-18)27-24-20(7-4-11-32-24)23-10-12-31-15-33-23/h3-16,27H,1-2H3,(H,34,35). The van der Waals surface area contributed by atoms with Gasteiger partial charge in [0.2, 0.25) is 0 Å². The molecule has 9 heteroatoms. The van der Waals surface area contributed by atoms with Crippen LogP contribution in [-0.4, -0.2) is 36.6 Å². The third-order valence-electron chi connectivity index (χ3n) is 5.32. The Bertz CT molecular complexity index is 1340. The number of aromatic nitrogens is 3. The van der Waals surface area contributed by atoms with Gasteiger partial charge in [-0.2, -0.15) is 0 Å². The van der Waals surface area contributed by atoms with Crippen molar-refractivity contribution in [2.75, 3.05) is 5.32 Å². The van der Waals surface area contributed by atoms with E-state index in [9.17, 15) is 18.0 Å². The van der Waals surface area contributed by atoms with E-state index >= 15 is 0 Å². The number of nitrogens with one attached hydrogen (secondary N) is 1. The van der Waals surface area contributed by atoms with Crippen molar-refractivity contribution in [1.29, 1.82) is 0 Å². The van der Waals surface area contributed by atoms with Gasteiger partial charge in [-0.1, -0.05) is 0 Å². The molecule has 1 N–H and O–H groups in total. The summed E-state index contributed by atoms with van der Waals surface area (Å²) in [6, 6.07) is 16.1. The Balaban J connectivity index is 1.69. The fraction of sp³-hybridized carbons (Fsp3) is 0.154. The average molecular weight is 538 g/mol. The van der Waals surface area contributed by atoms with E-state index in [1.54, 1.807) is 36.7 Å². The normalized spacial score (nSPS) is 11.8. The Kier molecular flexibility index (Phi) is 7.31. The first-order chi connectivity index (χ1) is 16.7. The summed E-state index contributed by atoms with van der Waals surface area (Å²) in [5.41, 5.74) is 2.29. The quantitative estimate of drug-likeness (QED) is 0.372. The molecule has 2 aromatic carbocycles. The van der Waals surface area contributed by atoms with Crippen LogP contribution < -0.4 is 14.1 Å². The second-order valence-corrected chi connectivity index (χ2v) is 10.8. The van der Waals surface area contributed by atoms with Crippen molar-refractivity contribution in [2.45, 2.75) is 25.9 Å². The maximum absolute atomic E-state index is 13.9. The molecule has 0 aliphatic carbocycles. The summed E-state index contributed by atoms with van der Waals surface area (Å²) in [4.78, 5) is 25.4. The van der Waals surface area contributed by atoms with Crippen molar-refractivity contribution in [3.63, 3.8) is 0 Å². The molecule has 0 saturated heterocycles. The number of halogens is 3. The fourth-order valence-corrected chi connectivity index (χ4v) is 6.29. The van der Waals surface area contributed by atoms with Crippen LogP contribution in [0.3, 0.4) is 0 Å². The Morgan fingerprint density at radius 3 is 2.51 bits per heavy atom. The number of benzene rings is 2. The third kappa shape index (κ3) is 5.95. The molecule has 1 atom stereocenters. The van der Waals surface area contributed by atoms with Crippen molar-refractivity contribution in [3.8, 4) is 11.3 Å². The van der Waals surface area contributed by atoms with Crippen molar-refractivity contribution in [1.82, 2.24) is 15.0 Å². The topological polar surface area (TPSA) is 67.8 Å². The zero-order valence-electron chi connectivity index (χ0n) is 19.0. The second kappa shape index (κ2) is 10.4. The van der Waals surface area contributed by atoms with Gasteiger partial charge in [0.25, 0.3) is 0 Å². The summed E-state index contributed by atoms with van der Waals surface area (Å²) in [5, 5.41) is 2.80. The molecule has 0 aliphatic heterocycles. The van der Waals surface area contributed by atoms with Gasteiger partial charge in [0, 0.05) is 0 Å². The first-order valence-corrected chi connectivity index (χ1v) is 12.9. The van der Waals surface area contributed by atoms with Gasteiger partial charge in [0.1, 0.15) is 0 Å². The number of rotatable bonds is 6. The van der Waals surface area contributed by atoms with Gasteiger partial charge >= 0.3 is 208 Å². The van der Waals surface area contributed by atoms with Crippen LogP contribution >= 0.6 is 0 Å². The van der Waals surface area contributed by atoms with Gasteiger partial charge < -0.3 is 0 Å². The molecule has 2 aromatic heterocycles. The molecule has 5 nitrogen and oxygen atoms in total. The minimum atomic E-state index is -4.55. The van der Waals surface area contributed by atoms with Gasteiger partial charge in [-0.15, -0.1) is 0 Å². The summed E-state index contributed by atoms with van der Waals surface area (Å²) in [6.07, 6.45) is -0.0512. The molecule has 0 radical (unpaired) electrons. The van der Waals surface area contributed by atoms with Crippen molar-refractivity contribution < 1.29 is 18.0 Å². The van der Waals surface area contributed by atoms with Gasteiger partial charge in [-0.25, -0.2) is 0 Å². The van der Waals surface area contributed by atoms with E-state index in [1.807, 2.05) is 32.0 Å². The number of alkyl halides is 3. The SMILES string of the molecule is CC(C)c1cccc(NC(=O)c2ccc(C(F)(F)F)c([AsH]c3ncccc3-c3ccncn3)c2)c1. The van der Waals surface area contributed by atoms with Gasteiger partial charge in [-0.3, -0.25) is 0 Å². The molecule has 1 amide bonds. The van der Waals surface area contributed by atoms with E-state index in [-0.39, 0.29) is 15.8 Å². The van der Waals surface area contributed by atoms with Crippen LogP contribution in [0, 0.1) is 0 Å². The number of carbonyl (C=O) groups is 1. The minimum absolute atomic E-state index is 0.0788. The van der Waals surface area contributed by atoms with E-state index < -0.39 is 33.4 Å². The summed E-state index contributed by atoms with van der Waals surface area (Å²) in [5.74, 6) is -0.193. The van der Waals surface area contributed by atoms with Crippen LogP contribution in [0.2, 0.25) is 0 Å². The number of hydrogen-bond acceptors (Lipinski definition) is 4. The Morgan fingerprint density at radius 2 is 1.80 bits per heavy atom. The molecule has 0 saturated carbocycles. The molecule has 2 heterocycles. The molecule has 0 aliphatic rings. The van der Waals surface area contributed by atoms with E-state index in [4.69, 9.17) is 0 Å². The van der Waals surface area contributed by atoms with Gasteiger partial charge in [-0.05, 0) is 0 Å². The van der Waals surface area contributed by atoms with Crippen LogP contribution in [0.4, 0.5) is 18.9 Å². The summed E-state index contributed by atoms with van der Waals surface area (Å²) < 4.78 is 42.2. The first-order valence-electron chi connectivity index (χ1n) is 10.8. The number of pyridine rings is 1. The molecule has 178 valence electrons. The Labute approximate surface area is 207 Å². The van der Waals surface area contributed by atoms with E-state index in [0.717, 1.165) is 11.6 Å². The van der Waals surface area contributed by atoms with E-state index in [2.05, 4.69) is 20.3 Å². The molecule has 0 spiro atoms. The third-order valence-corrected chi connectivity index (χ3v) is 8.08. The maximum atomic E-state index is 13.9. The van der Waals surface area contributed by atoms with Crippen LogP contribution in [0.25, 0.3) is 11.3 Å².